The van der Waals surface area contributed by atoms with Crippen molar-refractivity contribution >= 4 is 11.8 Å². The lowest BCUT2D eigenvalue weighted by Crippen LogP contribution is -2.31. The summed E-state index contributed by atoms with van der Waals surface area (Å²) >= 11 is 0. The number of aromatic nitrogens is 3. The van der Waals surface area contributed by atoms with Crippen LogP contribution in [0.5, 0.6) is 0 Å². The van der Waals surface area contributed by atoms with Crippen LogP contribution in [0.4, 0.5) is 11.8 Å². The quantitative estimate of drug-likeness (QED) is 0.806. The van der Waals surface area contributed by atoms with E-state index < -0.39 is 0 Å². The molecule has 1 aromatic heterocycles. The highest BCUT2D eigenvalue weighted by molar-refractivity contribution is 5.42. The van der Waals surface area contributed by atoms with Gasteiger partial charge in [0.2, 0.25) is 5.95 Å². The Hall–Kier alpha value is -2.21. The fraction of sp³-hybridized carbons (Fsp3) is 0.471. The van der Waals surface area contributed by atoms with Crippen LogP contribution < -0.4 is 10.2 Å². The molecule has 0 saturated heterocycles. The Morgan fingerprint density at radius 2 is 1.87 bits per heavy atom. The zero-order valence-corrected chi connectivity index (χ0v) is 14.4. The first-order chi connectivity index (χ1) is 11.1. The third-order valence-electron chi connectivity index (χ3n) is 3.50. The Bertz CT molecular complexity index is 585. The van der Waals surface area contributed by atoms with E-state index in [1.54, 1.807) is 6.20 Å². The van der Waals surface area contributed by atoms with Gasteiger partial charge in [-0.1, -0.05) is 30.3 Å². The number of nitrogens with one attached hydrogen (secondary N) is 1. The maximum atomic E-state index is 4.61. The minimum absolute atomic E-state index is 0.321. The second kappa shape index (κ2) is 8.43. The Labute approximate surface area is 138 Å². The number of rotatable bonds is 8. The van der Waals surface area contributed by atoms with Gasteiger partial charge in [-0.3, -0.25) is 0 Å². The molecule has 0 aliphatic heterocycles. The smallest absolute Gasteiger partial charge is 0.244 e. The van der Waals surface area contributed by atoms with Gasteiger partial charge in [0.25, 0.3) is 0 Å². The molecule has 0 atom stereocenters. The summed E-state index contributed by atoms with van der Waals surface area (Å²) in [5.41, 5.74) is 1.25. The summed E-state index contributed by atoms with van der Waals surface area (Å²) in [4.78, 5) is 8.94. The van der Waals surface area contributed by atoms with Crippen LogP contribution in [-0.4, -0.2) is 53.3 Å². The van der Waals surface area contributed by atoms with Crippen molar-refractivity contribution in [2.24, 2.45) is 0 Å². The number of anilines is 2. The second-order valence-corrected chi connectivity index (χ2v) is 6.08. The lowest BCUT2D eigenvalue weighted by Gasteiger charge is -2.27. The van der Waals surface area contributed by atoms with Crippen LogP contribution in [-0.2, 0) is 6.54 Å². The topological polar surface area (TPSA) is 57.2 Å². The lowest BCUT2D eigenvalue weighted by atomic mass is 10.2. The van der Waals surface area contributed by atoms with Gasteiger partial charge in [-0.25, -0.2) is 0 Å². The fourth-order valence-corrected chi connectivity index (χ4v) is 2.21. The molecule has 0 unspecified atom stereocenters. The van der Waals surface area contributed by atoms with Gasteiger partial charge in [-0.15, -0.1) is 5.10 Å². The average Bonchev–Trinajstić information content (AvgIpc) is 2.53. The molecule has 23 heavy (non-hydrogen) atoms. The molecular weight excluding hydrogens is 288 g/mol. The molecule has 2 aromatic rings. The predicted molar refractivity (Wildman–Crippen MR) is 94.6 cm³/mol. The van der Waals surface area contributed by atoms with Crippen LogP contribution in [0, 0.1) is 0 Å². The van der Waals surface area contributed by atoms with E-state index in [1.165, 1.54) is 5.56 Å². The van der Waals surface area contributed by atoms with Gasteiger partial charge in [0, 0.05) is 25.7 Å². The molecule has 2 rings (SSSR count). The van der Waals surface area contributed by atoms with Crippen molar-refractivity contribution in [3.63, 3.8) is 0 Å². The van der Waals surface area contributed by atoms with E-state index >= 15 is 0 Å². The van der Waals surface area contributed by atoms with Crippen molar-refractivity contribution in [3.05, 3.63) is 42.1 Å². The Morgan fingerprint density at radius 3 is 2.52 bits per heavy atom. The lowest BCUT2D eigenvalue weighted by molar-refractivity contribution is 0.424. The van der Waals surface area contributed by atoms with Crippen LogP contribution in [0.25, 0.3) is 0 Å². The largest absolute Gasteiger partial charge is 0.352 e. The molecule has 0 bridgehead atoms. The second-order valence-electron chi connectivity index (χ2n) is 6.08. The predicted octanol–water partition coefficient (Wildman–Crippen LogP) is 2.26. The van der Waals surface area contributed by atoms with Crippen molar-refractivity contribution in [2.75, 3.05) is 37.4 Å². The summed E-state index contributed by atoms with van der Waals surface area (Å²) in [6.07, 6.45) is 1.72. The summed E-state index contributed by atoms with van der Waals surface area (Å²) < 4.78 is 0. The molecule has 0 radical (unpaired) electrons. The molecule has 0 amide bonds. The summed E-state index contributed by atoms with van der Waals surface area (Å²) in [5.74, 6) is 1.41. The highest BCUT2D eigenvalue weighted by Gasteiger charge is 2.14. The average molecular weight is 314 g/mol. The molecule has 0 aliphatic rings. The van der Waals surface area contributed by atoms with Crippen LogP contribution in [0.2, 0.25) is 0 Å². The van der Waals surface area contributed by atoms with Gasteiger partial charge >= 0.3 is 0 Å². The van der Waals surface area contributed by atoms with Crippen LogP contribution in [0.3, 0.4) is 0 Å². The van der Waals surface area contributed by atoms with Gasteiger partial charge in [0.15, 0.2) is 5.82 Å². The summed E-state index contributed by atoms with van der Waals surface area (Å²) in [5, 5.41) is 11.4. The van der Waals surface area contributed by atoms with Crippen LogP contribution in [0.15, 0.2) is 36.5 Å². The summed E-state index contributed by atoms with van der Waals surface area (Å²) in [7, 11) is 4.08. The highest BCUT2D eigenvalue weighted by Crippen LogP contribution is 2.17. The van der Waals surface area contributed by atoms with Crippen molar-refractivity contribution in [2.45, 2.75) is 26.4 Å². The molecule has 0 saturated carbocycles. The number of likely N-dealkylation sites (N-methyl/N-ethyl adjacent to an activating group) is 1. The third kappa shape index (κ3) is 5.49. The van der Waals surface area contributed by atoms with Gasteiger partial charge in [-0.2, -0.15) is 10.1 Å². The highest BCUT2D eigenvalue weighted by atomic mass is 15.3. The molecule has 6 nitrogen and oxygen atoms in total. The molecule has 0 aliphatic carbocycles. The zero-order valence-electron chi connectivity index (χ0n) is 14.4. The van der Waals surface area contributed by atoms with E-state index in [9.17, 15) is 0 Å². The van der Waals surface area contributed by atoms with E-state index in [0.717, 1.165) is 25.5 Å². The maximum absolute atomic E-state index is 4.61. The van der Waals surface area contributed by atoms with Crippen molar-refractivity contribution < 1.29 is 0 Å². The van der Waals surface area contributed by atoms with Crippen molar-refractivity contribution in [3.8, 4) is 0 Å². The molecule has 0 fully saturated rings. The van der Waals surface area contributed by atoms with Gasteiger partial charge in [0.05, 0.1) is 6.20 Å². The SMILES string of the molecule is CC(C)N(Cc1ccccc1)c1cnnc(NCCN(C)C)n1. The summed E-state index contributed by atoms with van der Waals surface area (Å²) in [6, 6.07) is 10.7. The van der Waals surface area contributed by atoms with Crippen LogP contribution in [0.1, 0.15) is 19.4 Å². The zero-order chi connectivity index (χ0) is 16.7. The minimum Gasteiger partial charge on any atom is -0.352 e. The first-order valence-corrected chi connectivity index (χ1v) is 7.95. The molecule has 6 heteroatoms. The summed E-state index contributed by atoms with van der Waals surface area (Å²) in [6.45, 7) is 6.83. The molecule has 1 heterocycles. The Balaban J connectivity index is 2.09. The van der Waals surface area contributed by atoms with E-state index in [2.05, 4.69) is 68.4 Å². The molecular formula is C17H26N6. The Morgan fingerprint density at radius 1 is 1.13 bits per heavy atom. The fourth-order valence-electron chi connectivity index (χ4n) is 2.21. The van der Waals surface area contributed by atoms with Crippen LogP contribution >= 0.6 is 0 Å². The number of nitrogens with zero attached hydrogens (tertiary/aromatic N) is 5. The first-order valence-electron chi connectivity index (χ1n) is 7.95. The van der Waals surface area contributed by atoms with E-state index in [0.29, 0.717) is 12.0 Å². The van der Waals surface area contributed by atoms with Gasteiger partial charge in [-0.05, 0) is 33.5 Å². The van der Waals surface area contributed by atoms with Gasteiger partial charge < -0.3 is 15.1 Å². The number of benzene rings is 1. The minimum atomic E-state index is 0.321. The monoisotopic (exact) mass is 314 g/mol. The Kier molecular flexibility index (Phi) is 6.29. The number of hydrogen-bond donors (Lipinski definition) is 1. The molecule has 1 N–H and O–H groups in total. The normalized spacial score (nSPS) is 11.0. The van der Waals surface area contributed by atoms with Gasteiger partial charge in [0.1, 0.15) is 0 Å². The molecule has 1 aromatic carbocycles. The third-order valence-corrected chi connectivity index (χ3v) is 3.50. The maximum Gasteiger partial charge on any atom is 0.244 e. The van der Waals surface area contributed by atoms with E-state index in [4.69, 9.17) is 0 Å². The molecule has 0 spiro atoms. The van der Waals surface area contributed by atoms with E-state index in [-0.39, 0.29) is 0 Å². The standard InChI is InChI=1S/C17H26N6/c1-14(2)23(13-15-8-6-5-7-9-15)16-12-19-21-17(20-16)18-10-11-22(3)4/h5-9,12,14H,10-11,13H2,1-4H3,(H,18,20,21). The molecule has 124 valence electrons. The van der Waals surface area contributed by atoms with Crippen molar-refractivity contribution in [1.82, 2.24) is 20.1 Å². The first kappa shape index (κ1) is 17.1. The number of hydrogen-bond acceptors (Lipinski definition) is 6. The van der Waals surface area contributed by atoms with E-state index in [1.807, 2.05) is 20.2 Å². The van der Waals surface area contributed by atoms with Crippen molar-refractivity contribution in [1.29, 1.82) is 0 Å².